The second-order valence-electron chi connectivity index (χ2n) is 6.55. The summed E-state index contributed by atoms with van der Waals surface area (Å²) in [4.78, 5) is 17.7. The van der Waals surface area contributed by atoms with Crippen LogP contribution >= 0.6 is 0 Å². The third-order valence-electron chi connectivity index (χ3n) is 3.51. The van der Waals surface area contributed by atoms with E-state index in [1.165, 1.54) is 0 Å². The van der Waals surface area contributed by atoms with E-state index in [0.29, 0.717) is 29.3 Å². The summed E-state index contributed by atoms with van der Waals surface area (Å²) in [6, 6.07) is 5.70. The molecule has 0 saturated carbocycles. The van der Waals surface area contributed by atoms with Gasteiger partial charge in [0.05, 0.1) is 0 Å². The SMILES string of the molecule is Cc1cc(-c2noc(-c3cc(C)nc(NCC(C)C)n3)n2)cc(C)n1. The number of pyridine rings is 1. The van der Waals surface area contributed by atoms with Gasteiger partial charge in [0.1, 0.15) is 5.69 Å². The number of rotatable bonds is 5. The van der Waals surface area contributed by atoms with Gasteiger partial charge in [0.25, 0.3) is 5.89 Å². The molecule has 0 unspecified atom stereocenters. The van der Waals surface area contributed by atoms with Crippen LogP contribution in [-0.2, 0) is 0 Å². The van der Waals surface area contributed by atoms with E-state index in [-0.39, 0.29) is 0 Å². The van der Waals surface area contributed by atoms with Crippen LogP contribution in [0, 0.1) is 26.7 Å². The van der Waals surface area contributed by atoms with Crippen molar-refractivity contribution in [2.45, 2.75) is 34.6 Å². The fourth-order valence-corrected chi connectivity index (χ4v) is 2.46. The summed E-state index contributed by atoms with van der Waals surface area (Å²) in [6.07, 6.45) is 0. The fraction of sp³-hybridized carbons (Fsp3) is 0.389. The van der Waals surface area contributed by atoms with Crippen molar-refractivity contribution >= 4 is 5.95 Å². The Morgan fingerprint density at radius 1 is 0.920 bits per heavy atom. The van der Waals surface area contributed by atoms with Gasteiger partial charge in [-0.1, -0.05) is 19.0 Å². The fourth-order valence-electron chi connectivity index (χ4n) is 2.46. The number of aryl methyl sites for hydroxylation is 3. The standard InChI is InChI=1S/C18H22N6O/c1-10(2)9-19-18-21-13(5)8-15(22-18)17-23-16(24-25-17)14-6-11(3)20-12(4)7-14/h6-8,10H,9H2,1-5H3,(H,19,21,22). The molecule has 3 aromatic heterocycles. The molecule has 0 amide bonds. The Morgan fingerprint density at radius 2 is 1.60 bits per heavy atom. The maximum atomic E-state index is 5.42. The number of anilines is 1. The number of aromatic nitrogens is 5. The monoisotopic (exact) mass is 338 g/mol. The zero-order chi connectivity index (χ0) is 18.0. The third-order valence-corrected chi connectivity index (χ3v) is 3.51. The molecular formula is C18H22N6O. The maximum absolute atomic E-state index is 5.42. The van der Waals surface area contributed by atoms with Crippen LogP contribution in [0.2, 0.25) is 0 Å². The lowest BCUT2D eigenvalue weighted by Crippen LogP contribution is -2.11. The van der Waals surface area contributed by atoms with Crippen molar-refractivity contribution in [3.05, 3.63) is 35.3 Å². The Hall–Kier alpha value is -2.83. The smallest absolute Gasteiger partial charge is 0.277 e. The van der Waals surface area contributed by atoms with Gasteiger partial charge in [0, 0.05) is 29.2 Å². The summed E-state index contributed by atoms with van der Waals surface area (Å²) in [5, 5.41) is 7.31. The van der Waals surface area contributed by atoms with Crippen LogP contribution in [0.3, 0.4) is 0 Å². The first-order valence-corrected chi connectivity index (χ1v) is 8.30. The highest BCUT2D eigenvalue weighted by Crippen LogP contribution is 2.23. The van der Waals surface area contributed by atoms with E-state index in [1.807, 2.05) is 39.0 Å². The highest BCUT2D eigenvalue weighted by atomic mass is 16.5. The highest BCUT2D eigenvalue weighted by Gasteiger charge is 2.14. The average molecular weight is 338 g/mol. The van der Waals surface area contributed by atoms with Gasteiger partial charge in [0.15, 0.2) is 0 Å². The van der Waals surface area contributed by atoms with E-state index in [2.05, 4.69) is 44.3 Å². The average Bonchev–Trinajstić information content (AvgIpc) is 3.01. The maximum Gasteiger partial charge on any atom is 0.277 e. The molecule has 3 heterocycles. The molecule has 0 fully saturated rings. The minimum Gasteiger partial charge on any atom is -0.354 e. The second-order valence-corrected chi connectivity index (χ2v) is 6.55. The lowest BCUT2D eigenvalue weighted by molar-refractivity contribution is 0.431. The minimum atomic E-state index is 0.375. The quantitative estimate of drug-likeness (QED) is 0.760. The molecule has 0 aliphatic heterocycles. The molecule has 0 aromatic carbocycles. The molecule has 25 heavy (non-hydrogen) atoms. The summed E-state index contributed by atoms with van der Waals surface area (Å²) < 4.78 is 5.42. The van der Waals surface area contributed by atoms with Gasteiger partial charge in [0.2, 0.25) is 11.8 Å². The number of nitrogens with one attached hydrogen (secondary N) is 1. The molecule has 3 rings (SSSR count). The van der Waals surface area contributed by atoms with Crippen molar-refractivity contribution in [3.63, 3.8) is 0 Å². The predicted molar refractivity (Wildman–Crippen MR) is 96.1 cm³/mol. The third kappa shape index (κ3) is 4.17. The lowest BCUT2D eigenvalue weighted by Gasteiger charge is -2.08. The molecule has 0 aliphatic rings. The number of hydrogen-bond donors (Lipinski definition) is 1. The molecule has 7 heteroatoms. The van der Waals surface area contributed by atoms with Gasteiger partial charge in [-0.2, -0.15) is 4.98 Å². The van der Waals surface area contributed by atoms with Crippen LogP contribution in [0.5, 0.6) is 0 Å². The zero-order valence-corrected chi connectivity index (χ0v) is 15.2. The first kappa shape index (κ1) is 17.0. The van der Waals surface area contributed by atoms with Crippen molar-refractivity contribution in [2.24, 2.45) is 5.92 Å². The van der Waals surface area contributed by atoms with Gasteiger partial charge >= 0.3 is 0 Å². The van der Waals surface area contributed by atoms with Crippen molar-refractivity contribution in [1.29, 1.82) is 0 Å². The molecule has 0 atom stereocenters. The zero-order valence-electron chi connectivity index (χ0n) is 15.2. The summed E-state index contributed by atoms with van der Waals surface area (Å²) in [7, 11) is 0. The van der Waals surface area contributed by atoms with Crippen LogP contribution in [0.1, 0.15) is 30.9 Å². The van der Waals surface area contributed by atoms with Crippen molar-refractivity contribution in [1.82, 2.24) is 25.1 Å². The van der Waals surface area contributed by atoms with Crippen molar-refractivity contribution < 1.29 is 4.52 Å². The van der Waals surface area contributed by atoms with E-state index in [0.717, 1.165) is 29.2 Å². The van der Waals surface area contributed by atoms with Gasteiger partial charge < -0.3 is 9.84 Å². The molecule has 0 radical (unpaired) electrons. The van der Waals surface area contributed by atoms with Gasteiger partial charge in [-0.25, -0.2) is 9.97 Å². The van der Waals surface area contributed by atoms with E-state index in [9.17, 15) is 0 Å². The molecule has 0 aliphatic carbocycles. The molecule has 1 N–H and O–H groups in total. The van der Waals surface area contributed by atoms with Crippen LogP contribution in [-0.4, -0.2) is 31.6 Å². The van der Waals surface area contributed by atoms with Crippen molar-refractivity contribution in [3.8, 4) is 23.0 Å². The Kier molecular flexibility index (Phi) is 4.74. The molecule has 0 saturated heterocycles. The molecule has 130 valence electrons. The van der Waals surface area contributed by atoms with Crippen LogP contribution in [0.25, 0.3) is 23.0 Å². The molecule has 0 spiro atoms. The Labute approximate surface area is 146 Å². The van der Waals surface area contributed by atoms with Crippen molar-refractivity contribution in [2.75, 3.05) is 11.9 Å². The minimum absolute atomic E-state index is 0.375. The topological polar surface area (TPSA) is 89.6 Å². The van der Waals surface area contributed by atoms with E-state index in [4.69, 9.17) is 4.52 Å². The van der Waals surface area contributed by atoms with Crippen LogP contribution in [0.4, 0.5) is 5.95 Å². The van der Waals surface area contributed by atoms with E-state index < -0.39 is 0 Å². The molecule has 3 aromatic rings. The molecular weight excluding hydrogens is 316 g/mol. The Morgan fingerprint density at radius 3 is 2.28 bits per heavy atom. The summed E-state index contributed by atoms with van der Waals surface area (Å²) in [6.45, 7) is 10.9. The van der Waals surface area contributed by atoms with E-state index in [1.54, 1.807) is 0 Å². The van der Waals surface area contributed by atoms with E-state index >= 15 is 0 Å². The molecule has 0 bridgehead atoms. The lowest BCUT2D eigenvalue weighted by atomic mass is 10.2. The highest BCUT2D eigenvalue weighted by molar-refractivity contribution is 5.59. The first-order valence-electron chi connectivity index (χ1n) is 8.30. The Bertz CT molecular complexity index is 867. The van der Waals surface area contributed by atoms with Crippen LogP contribution in [0.15, 0.2) is 22.7 Å². The second kappa shape index (κ2) is 6.96. The van der Waals surface area contributed by atoms with Gasteiger partial charge in [-0.05, 0) is 44.9 Å². The first-order chi connectivity index (χ1) is 11.9. The Balaban J connectivity index is 1.91. The van der Waals surface area contributed by atoms with Gasteiger partial charge in [-0.15, -0.1) is 0 Å². The van der Waals surface area contributed by atoms with Crippen LogP contribution < -0.4 is 5.32 Å². The summed E-state index contributed by atoms with van der Waals surface area (Å²) in [5.74, 6) is 1.97. The van der Waals surface area contributed by atoms with Gasteiger partial charge in [-0.3, -0.25) is 4.98 Å². The number of hydrogen-bond acceptors (Lipinski definition) is 7. The largest absolute Gasteiger partial charge is 0.354 e. The molecule has 7 nitrogen and oxygen atoms in total. The summed E-state index contributed by atoms with van der Waals surface area (Å²) >= 11 is 0. The number of nitrogens with zero attached hydrogens (tertiary/aromatic N) is 5. The predicted octanol–water partition coefficient (Wildman–Crippen LogP) is 3.58. The normalized spacial score (nSPS) is 11.1. The summed E-state index contributed by atoms with van der Waals surface area (Å²) in [5.41, 5.74) is 4.16.